The number of carbonyl (C=O) groups is 1. The molecule has 3 rings (SSSR count). The van der Waals surface area contributed by atoms with E-state index in [4.69, 9.17) is 4.74 Å². The Morgan fingerprint density at radius 1 is 1.33 bits per heavy atom. The highest BCUT2D eigenvalue weighted by atomic mass is 32.1. The number of halogens is 3. The summed E-state index contributed by atoms with van der Waals surface area (Å²) in [4.78, 5) is 18.0. The number of urea groups is 1. The number of rotatable bonds is 3. The van der Waals surface area contributed by atoms with Crippen molar-refractivity contribution in [1.29, 1.82) is 0 Å². The molecular formula is C18H20F3N3O2S. The molecule has 9 heteroatoms. The third-order valence-corrected chi connectivity index (χ3v) is 5.64. The monoisotopic (exact) mass is 399 g/mol. The van der Waals surface area contributed by atoms with Crippen LogP contribution in [0.1, 0.15) is 35.0 Å². The van der Waals surface area contributed by atoms with E-state index in [1.165, 1.54) is 0 Å². The van der Waals surface area contributed by atoms with E-state index in [0.29, 0.717) is 42.4 Å². The van der Waals surface area contributed by atoms with Crippen molar-refractivity contribution in [3.8, 4) is 5.75 Å². The maximum absolute atomic E-state index is 12.7. The van der Waals surface area contributed by atoms with Crippen LogP contribution in [0.4, 0.5) is 23.7 Å². The molecule has 2 aromatic rings. The van der Waals surface area contributed by atoms with Crippen LogP contribution in [-0.4, -0.2) is 36.1 Å². The second-order valence-electron chi connectivity index (χ2n) is 6.41. The van der Waals surface area contributed by atoms with Gasteiger partial charge in [-0.1, -0.05) is 12.1 Å². The van der Waals surface area contributed by atoms with Crippen LogP contribution in [0.3, 0.4) is 0 Å². The molecule has 0 radical (unpaired) electrons. The largest absolute Gasteiger partial charge is 0.495 e. The minimum atomic E-state index is -4.41. The summed E-state index contributed by atoms with van der Waals surface area (Å²) < 4.78 is 43.4. The smallest absolute Gasteiger partial charge is 0.434 e. The number of carbonyl (C=O) groups excluding carboxylic acids is 1. The van der Waals surface area contributed by atoms with Gasteiger partial charge in [-0.05, 0) is 31.4 Å². The van der Waals surface area contributed by atoms with E-state index in [1.807, 2.05) is 19.1 Å². The van der Waals surface area contributed by atoms with Gasteiger partial charge in [0.05, 0.1) is 17.8 Å². The average Bonchev–Trinajstić information content (AvgIpc) is 3.14. The van der Waals surface area contributed by atoms with E-state index in [0.717, 1.165) is 22.3 Å². The molecule has 2 amide bonds. The molecule has 1 aliphatic rings. The summed E-state index contributed by atoms with van der Waals surface area (Å²) in [5, 5.41) is 4.42. The van der Waals surface area contributed by atoms with Gasteiger partial charge in [0.25, 0.3) is 0 Å². The zero-order valence-electron chi connectivity index (χ0n) is 15.0. The number of hydrogen-bond donors (Lipinski definition) is 1. The van der Waals surface area contributed by atoms with Gasteiger partial charge in [0.2, 0.25) is 0 Å². The molecule has 0 saturated carbocycles. The van der Waals surface area contributed by atoms with Crippen molar-refractivity contribution in [3.05, 3.63) is 39.8 Å². The summed E-state index contributed by atoms with van der Waals surface area (Å²) >= 11 is 1.04. The summed E-state index contributed by atoms with van der Waals surface area (Å²) in [6.07, 6.45) is -3.24. The maximum Gasteiger partial charge on any atom is 0.434 e. The summed E-state index contributed by atoms with van der Waals surface area (Å²) in [5.41, 5.74) is 0.677. The standard InChI is InChI=1S/C18H20F3N3O2S/c1-11-4-3-5-13(26-2)15(11)23-17(25)24-8-6-12(7-9-24)16-22-14(10-27-16)18(19,20)21/h3-5,10,12H,6-9H2,1-2H3,(H,23,25). The summed E-state index contributed by atoms with van der Waals surface area (Å²) in [6, 6.07) is 5.26. The van der Waals surface area contributed by atoms with Crippen LogP contribution in [-0.2, 0) is 6.18 Å². The van der Waals surface area contributed by atoms with Gasteiger partial charge >= 0.3 is 12.2 Å². The Morgan fingerprint density at radius 2 is 2.04 bits per heavy atom. The molecule has 0 aliphatic carbocycles. The van der Waals surface area contributed by atoms with Gasteiger partial charge in [0, 0.05) is 24.4 Å². The Labute approximate surface area is 159 Å². The minimum Gasteiger partial charge on any atom is -0.495 e. The number of hydrogen-bond acceptors (Lipinski definition) is 4. The number of nitrogens with one attached hydrogen (secondary N) is 1. The van der Waals surface area contributed by atoms with E-state index >= 15 is 0 Å². The zero-order valence-corrected chi connectivity index (χ0v) is 15.8. The Kier molecular flexibility index (Phi) is 5.59. The number of amides is 2. The highest BCUT2D eigenvalue weighted by molar-refractivity contribution is 7.09. The van der Waals surface area contributed by atoms with Gasteiger partial charge in [-0.2, -0.15) is 13.2 Å². The molecule has 0 atom stereocenters. The lowest BCUT2D eigenvalue weighted by Crippen LogP contribution is -2.40. The molecule has 146 valence electrons. The number of ether oxygens (including phenoxy) is 1. The number of likely N-dealkylation sites (tertiary alicyclic amines) is 1. The van der Waals surface area contributed by atoms with Crippen molar-refractivity contribution in [1.82, 2.24) is 9.88 Å². The lowest BCUT2D eigenvalue weighted by molar-refractivity contribution is -0.140. The quantitative estimate of drug-likeness (QED) is 0.800. The van der Waals surface area contributed by atoms with Gasteiger partial charge in [-0.15, -0.1) is 11.3 Å². The van der Waals surface area contributed by atoms with Crippen LogP contribution >= 0.6 is 11.3 Å². The van der Waals surface area contributed by atoms with Crippen LogP contribution in [0.15, 0.2) is 23.6 Å². The fourth-order valence-corrected chi connectivity index (χ4v) is 4.09. The van der Waals surface area contributed by atoms with Crippen molar-refractivity contribution < 1.29 is 22.7 Å². The number of aryl methyl sites for hydroxylation is 1. The normalized spacial score (nSPS) is 15.7. The molecule has 1 N–H and O–H groups in total. The van der Waals surface area contributed by atoms with Gasteiger partial charge in [0.15, 0.2) is 5.69 Å². The second-order valence-corrected chi connectivity index (χ2v) is 7.30. The third-order valence-electron chi connectivity index (χ3n) is 4.63. The van der Waals surface area contributed by atoms with Gasteiger partial charge in [-0.3, -0.25) is 0 Å². The van der Waals surface area contributed by atoms with E-state index in [2.05, 4.69) is 10.3 Å². The number of thiazole rings is 1. The van der Waals surface area contributed by atoms with Crippen molar-refractivity contribution in [2.45, 2.75) is 31.9 Å². The third kappa shape index (κ3) is 4.35. The minimum absolute atomic E-state index is 0.0526. The first-order valence-electron chi connectivity index (χ1n) is 8.51. The average molecular weight is 399 g/mol. The van der Waals surface area contributed by atoms with Gasteiger partial charge in [-0.25, -0.2) is 9.78 Å². The fourth-order valence-electron chi connectivity index (χ4n) is 3.09. The van der Waals surface area contributed by atoms with E-state index in [1.54, 1.807) is 18.1 Å². The topological polar surface area (TPSA) is 54.5 Å². The predicted molar refractivity (Wildman–Crippen MR) is 97.4 cm³/mol. The zero-order chi connectivity index (χ0) is 19.6. The lowest BCUT2D eigenvalue weighted by atomic mass is 9.98. The second kappa shape index (κ2) is 7.75. The van der Waals surface area contributed by atoms with Gasteiger partial charge in [0.1, 0.15) is 5.75 Å². The van der Waals surface area contributed by atoms with Crippen molar-refractivity contribution in [3.63, 3.8) is 0 Å². The molecule has 1 aromatic heterocycles. The Bertz CT molecular complexity index is 814. The molecule has 1 aliphatic heterocycles. The summed E-state index contributed by atoms with van der Waals surface area (Å²) in [5.74, 6) is 0.531. The molecule has 2 heterocycles. The molecule has 0 unspecified atom stereocenters. The fraction of sp³-hybridized carbons (Fsp3) is 0.444. The predicted octanol–water partition coefficient (Wildman–Crippen LogP) is 4.89. The molecule has 0 bridgehead atoms. The Balaban J connectivity index is 1.61. The van der Waals surface area contributed by atoms with Crippen molar-refractivity contribution >= 4 is 23.1 Å². The first-order valence-corrected chi connectivity index (χ1v) is 9.39. The Hall–Kier alpha value is -2.29. The maximum atomic E-state index is 12.7. The molecule has 1 aromatic carbocycles. The number of nitrogens with zero attached hydrogens (tertiary/aromatic N) is 2. The molecule has 1 fully saturated rings. The number of piperidine rings is 1. The Morgan fingerprint density at radius 3 is 2.63 bits per heavy atom. The number of benzene rings is 1. The van der Waals surface area contributed by atoms with Crippen LogP contribution in [0, 0.1) is 6.92 Å². The SMILES string of the molecule is COc1cccc(C)c1NC(=O)N1CCC(c2nc(C(F)(F)F)cs2)CC1. The number of anilines is 1. The first-order chi connectivity index (χ1) is 12.8. The van der Waals surface area contributed by atoms with Crippen molar-refractivity contribution in [2.24, 2.45) is 0 Å². The molecule has 0 spiro atoms. The van der Waals surface area contributed by atoms with Gasteiger partial charge < -0.3 is 15.0 Å². The van der Waals surface area contributed by atoms with Crippen LogP contribution in [0.2, 0.25) is 0 Å². The van der Waals surface area contributed by atoms with E-state index in [-0.39, 0.29) is 11.9 Å². The van der Waals surface area contributed by atoms with Crippen LogP contribution < -0.4 is 10.1 Å². The lowest BCUT2D eigenvalue weighted by Gasteiger charge is -2.31. The molecule has 27 heavy (non-hydrogen) atoms. The van der Waals surface area contributed by atoms with E-state index in [9.17, 15) is 18.0 Å². The highest BCUT2D eigenvalue weighted by Crippen LogP contribution is 2.36. The number of aromatic nitrogens is 1. The first kappa shape index (κ1) is 19.5. The summed E-state index contributed by atoms with van der Waals surface area (Å²) in [6.45, 7) is 2.81. The van der Waals surface area contributed by atoms with Crippen molar-refractivity contribution in [2.75, 3.05) is 25.5 Å². The number of methoxy groups -OCH3 is 1. The summed E-state index contributed by atoms with van der Waals surface area (Å²) in [7, 11) is 1.54. The van der Waals surface area contributed by atoms with Crippen LogP contribution in [0.25, 0.3) is 0 Å². The number of para-hydroxylation sites is 1. The molecule has 1 saturated heterocycles. The number of alkyl halides is 3. The van der Waals surface area contributed by atoms with Crippen LogP contribution in [0.5, 0.6) is 5.75 Å². The highest BCUT2D eigenvalue weighted by Gasteiger charge is 2.35. The molecular weight excluding hydrogens is 379 g/mol. The molecule has 5 nitrogen and oxygen atoms in total. The van der Waals surface area contributed by atoms with E-state index < -0.39 is 11.9 Å².